The molecular formula is C29H27ClN4O2. The molecule has 7 heteroatoms. The van der Waals surface area contributed by atoms with Crippen LogP contribution in [0, 0.1) is 0 Å². The molecule has 0 fully saturated rings. The van der Waals surface area contributed by atoms with Crippen molar-refractivity contribution in [2.24, 2.45) is 0 Å². The van der Waals surface area contributed by atoms with Crippen molar-refractivity contribution in [3.63, 3.8) is 0 Å². The molecule has 1 atom stereocenters. The largest absolute Gasteiger partial charge is 0.352 e. The number of para-hydroxylation sites is 2. The maximum atomic E-state index is 13.5. The molecule has 2 aliphatic rings. The number of hydrogen-bond acceptors (Lipinski definition) is 3. The number of carbonyl (C=O) groups excluding carboxylic acids is 2. The molecule has 6 rings (SSSR count). The minimum atomic E-state index is -0.210. The molecule has 0 saturated heterocycles. The van der Waals surface area contributed by atoms with Crippen LogP contribution in [0.1, 0.15) is 39.8 Å². The van der Waals surface area contributed by atoms with E-state index in [1.54, 1.807) is 0 Å². The van der Waals surface area contributed by atoms with E-state index < -0.39 is 0 Å². The van der Waals surface area contributed by atoms with Gasteiger partial charge in [0.2, 0.25) is 5.91 Å². The minimum absolute atomic E-state index is 0.0207. The van der Waals surface area contributed by atoms with Crippen molar-refractivity contribution in [1.82, 2.24) is 14.8 Å². The van der Waals surface area contributed by atoms with Crippen molar-refractivity contribution >= 4 is 40.0 Å². The van der Waals surface area contributed by atoms with Crippen LogP contribution in [-0.2, 0) is 24.3 Å². The Bertz CT molecular complexity index is 1490. The molecule has 0 radical (unpaired) electrons. The number of carbonyl (C=O) groups is 2. The molecule has 1 N–H and O–H groups in total. The molecule has 1 aromatic heterocycles. The molecule has 0 bridgehead atoms. The summed E-state index contributed by atoms with van der Waals surface area (Å²) in [5.41, 5.74) is 6.12. The van der Waals surface area contributed by atoms with E-state index in [0.717, 1.165) is 34.4 Å². The van der Waals surface area contributed by atoms with E-state index in [-0.39, 0.29) is 18.0 Å². The lowest BCUT2D eigenvalue weighted by molar-refractivity contribution is -0.121. The predicted octanol–water partition coefficient (Wildman–Crippen LogP) is 5.15. The number of hydrogen-bond donors (Lipinski definition) is 1. The number of aryl methyl sites for hydroxylation is 1. The number of fused-ring (bicyclic) bond motifs is 6. The zero-order valence-corrected chi connectivity index (χ0v) is 20.8. The van der Waals surface area contributed by atoms with Crippen molar-refractivity contribution in [2.75, 3.05) is 18.5 Å². The Kier molecular flexibility index (Phi) is 5.69. The third-order valence-corrected chi connectivity index (χ3v) is 7.58. The maximum absolute atomic E-state index is 13.5. The van der Waals surface area contributed by atoms with Crippen LogP contribution in [0.15, 0.2) is 72.8 Å². The molecule has 2 aliphatic heterocycles. The third kappa shape index (κ3) is 3.73. The highest BCUT2D eigenvalue weighted by Crippen LogP contribution is 2.44. The summed E-state index contributed by atoms with van der Waals surface area (Å²) in [7, 11) is 2.05. The second-order valence-electron chi connectivity index (χ2n) is 9.44. The Hall–Kier alpha value is -3.77. The number of benzene rings is 3. The topological polar surface area (TPSA) is 57.6 Å². The number of rotatable bonds is 5. The highest BCUT2D eigenvalue weighted by molar-refractivity contribution is 6.30. The fourth-order valence-electron chi connectivity index (χ4n) is 5.70. The van der Waals surface area contributed by atoms with Gasteiger partial charge < -0.3 is 19.7 Å². The van der Waals surface area contributed by atoms with Gasteiger partial charge in [-0.15, -0.1) is 0 Å². The molecule has 0 saturated carbocycles. The van der Waals surface area contributed by atoms with Crippen molar-refractivity contribution in [2.45, 2.75) is 32.1 Å². The summed E-state index contributed by atoms with van der Waals surface area (Å²) < 4.78 is 2.25. The summed E-state index contributed by atoms with van der Waals surface area (Å²) in [6.07, 6.45) is 0.924. The monoisotopic (exact) mass is 498 g/mol. The zero-order chi connectivity index (χ0) is 24.8. The average Bonchev–Trinajstić information content (AvgIpc) is 3.22. The van der Waals surface area contributed by atoms with Gasteiger partial charge in [-0.1, -0.05) is 54.1 Å². The van der Waals surface area contributed by atoms with Crippen LogP contribution >= 0.6 is 11.6 Å². The van der Waals surface area contributed by atoms with Crippen LogP contribution in [0.3, 0.4) is 0 Å². The van der Waals surface area contributed by atoms with Gasteiger partial charge in [-0.3, -0.25) is 9.59 Å². The molecule has 4 aromatic rings. The highest BCUT2D eigenvalue weighted by atomic mass is 35.5. The lowest BCUT2D eigenvalue weighted by Crippen LogP contribution is -2.51. The van der Waals surface area contributed by atoms with Gasteiger partial charge in [-0.2, -0.15) is 0 Å². The van der Waals surface area contributed by atoms with Crippen molar-refractivity contribution in [3.8, 4) is 0 Å². The summed E-state index contributed by atoms with van der Waals surface area (Å²) in [6.45, 7) is 1.64. The van der Waals surface area contributed by atoms with E-state index in [2.05, 4.69) is 40.0 Å². The normalized spacial score (nSPS) is 16.5. The first-order chi connectivity index (χ1) is 17.5. The Morgan fingerprint density at radius 2 is 1.86 bits per heavy atom. The first-order valence-corrected chi connectivity index (χ1v) is 12.6. The van der Waals surface area contributed by atoms with E-state index in [0.29, 0.717) is 31.1 Å². The number of anilines is 1. The number of halogens is 1. The van der Waals surface area contributed by atoms with Crippen LogP contribution in [-0.4, -0.2) is 34.9 Å². The van der Waals surface area contributed by atoms with Gasteiger partial charge in [0.1, 0.15) is 6.17 Å². The van der Waals surface area contributed by atoms with E-state index >= 15 is 0 Å². The van der Waals surface area contributed by atoms with Gasteiger partial charge in [0.05, 0.1) is 16.9 Å². The maximum Gasteiger partial charge on any atom is 0.257 e. The average molecular weight is 499 g/mol. The zero-order valence-electron chi connectivity index (χ0n) is 20.1. The molecule has 36 heavy (non-hydrogen) atoms. The van der Waals surface area contributed by atoms with E-state index in [4.69, 9.17) is 11.6 Å². The Morgan fingerprint density at radius 1 is 1.06 bits per heavy atom. The molecule has 3 aromatic carbocycles. The molecule has 0 spiro atoms. The van der Waals surface area contributed by atoms with Crippen LogP contribution in [0.4, 0.5) is 5.69 Å². The van der Waals surface area contributed by atoms with Crippen molar-refractivity contribution < 1.29 is 9.59 Å². The van der Waals surface area contributed by atoms with Gasteiger partial charge >= 0.3 is 0 Å². The lowest BCUT2D eigenvalue weighted by Gasteiger charge is -2.46. The third-order valence-electron chi connectivity index (χ3n) is 7.35. The van der Waals surface area contributed by atoms with Gasteiger partial charge in [-0.05, 0) is 47.9 Å². The number of nitrogens with one attached hydrogen (secondary N) is 1. The number of aromatic nitrogens is 1. The van der Waals surface area contributed by atoms with Crippen LogP contribution in [0.5, 0.6) is 0 Å². The van der Waals surface area contributed by atoms with Crippen LogP contribution in [0.25, 0.3) is 10.9 Å². The van der Waals surface area contributed by atoms with Crippen LogP contribution in [0.2, 0.25) is 5.02 Å². The molecular weight excluding hydrogens is 472 g/mol. The van der Waals surface area contributed by atoms with Crippen molar-refractivity contribution in [1.29, 1.82) is 0 Å². The predicted molar refractivity (Wildman–Crippen MR) is 142 cm³/mol. The molecule has 2 amide bonds. The SMILES string of the molecule is CN1c2ccccc2C(=O)N2CCc3c(n(CCC(=O)NCc4cccc(Cl)c4)c4ccccc34)C21. The Labute approximate surface area is 215 Å². The first-order valence-electron chi connectivity index (χ1n) is 12.3. The van der Waals surface area contributed by atoms with E-state index in [1.165, 1.54) is 10.9 Å². The first kappa shape index (κ1) is 22.7. The fourth-order valence-corrected chi connectivity index (χ4v) is 5.91. The molecule has 0 aliphatic carbocycles. The summed E-state index contributed by atoms with van der Waals surface area (Å²) in [5, 5.41) is 4.87. The van der Waals surface area contributed by atoms with Gasteiger partial charge in [0, 0.05) is 49.0 Å². The summed E-state index contributed by atoms with van der Waals surface area (Å²) in [6, 6.07) is 23.7. The molecule has 1 unspecified atom stereocenters. The second kappa shape index (κ2) is 9.03. The smallest absolute Gasteiger partial charge is 0.257 e. The van der Waals surface area contributed by atoms with Crippen molar-refractivity contribution in [3.05, 3.63) is 100 Å². The molecule has 3 heterocycles. The molecule has 182 valence electrons. The van der Waals surface area contributed by atoms with Crippen LogP contribution < -0.4 is 10.2 Å². The lowest BCUT2D eigenvalue weighted by atomic mass is 9.96. The molecule has 6 nitrogen and oxygen atoms in total. The Balaban J connectivity index is 1.33. The second-order valence-corrected chi connectivity index (χ2v) is 9.88. The minimum Gasteiger partial charge on any atom is -0.352 e. The summed E-state index contributed by atoms with van der Waals surface area (Å²) >= 11 is 6.07. The number of amides is 2. The van der Waals surface area contributed by atoms with E-state index in [1.807, 2.05) is 59.5 Å². The summed E-state index contributed by atoms with van der Waals surface area (Å²) in [5.74, 6) is 0.0445. The summed E-state index contributed by atoms with van der Waals surface area (Å²) in [4.78, 5) is 30.5. The standard InChI is InChI=1S/C29H27ClN4O2/c1-32-24-11-4-3-10-23(24)29(36)34-15-13-22-21-9-2-5-12-25(21)33(27(22)28(32)34)16-14-26(35)31-18-19-7-6-8-20(30)17-19/h2-12,17,28H,13-16,18H2,1H3,(H,31,35). The Morgan fingerprint density at radius 3 is 2.72 bits per heavy atom. The van der Waals surface area contributed by atoms with Gasteiger partial charge in [-0.25, -0.2) is 0 Å². The number of nitrogens with zero attached hydrogens (tertiary/aromatic N) is 3. The van der Waals surface area contributed by atoms with Gasteiger partial charge in [0.15, 0.2) is 0 Å². The highest BCUT2D eigenvalue weighted by Gasteiger charge is 2.42. The van der Waals surface area contributed by atoms with Gasteiger partial charge in [0.25, 0.3) is 5.91 Å². The van der Waals surface area contributed by atoms with E-state index in [9.17, 15) is 9.59 Å². The quantitative estimate of drug-likeness (QED) is 0.414. The fraction of sp³-hybridized carbons (Fsp3) is 0.241.